The zero-order valence-electron chi connectivity index (χ0n) is 12.8. The van der Waals surface area contributed by atoms with E-state index in [0.717, 1.165) is 4.31 Å². The molecular formula is C9H17F3N4O6S3. The number of nitrogens with one attached hydrogen (secondary N) is 1. The minimum atomic E-state index is -5.52. The highest BCUT2D eigenvalue weighted by molar-refractivity contribution is 8.09. The van der Waals surface area contributed by atoms with Crippen LogP contribution in [0.3, 0.4) is 0 Å². The summed E-state index contributed by atoms with van der Waals surface area (Å²) < 4.78 is 84.3. The van der Waals surface area contributed by atoms with E-state index in [1.165, 1.54) is 4.13 Å². The van der Waals surface area contributed by atoms with Crippen molar-refractivity contribution < 1.29 is 34.9 Å². The molecule has 16 heteroatoms. The van der Waals surface area contributed by atoms with E-state index in [9.17, 15) is 40.1 Å². The average molecular weight is 430 g/mol. The Kier molecular flexibility index (Phi) is 7.88. The second kappa shape index (κ2) is 8.81. The lowest BCUT2D eigenvalue weighted by atomic mass is 10.3. The van der Waals surface area contributed by atoms with Gasteiger partial charge in [0.1, 0.15) is 0 Å². The van der Waals surface area contributed by atoms with Crippen LogP contribution in [0.4, 0.5) is 13.2 Å². The maximum atomic E-state index is 12.1. The summed E-state index contributed by atoms with van der Waals surface area (Å²) in [5.74, 6) is -0.924. The van der Waals surface area contributed by atoms with Gasteiger partial charge in [0, 0.05) is 36.9 Å². The summed E-state index contributed by atoms with van der Waals surface area (Å²) in [7, 11) is -9.27. The molecule has 0 unspecified atom stereocenters. The standard InChI is InChI=1S/C9H17F3N4O6S3/c10-9(11,12)25(21,22)13-23-7-8-24(19,20)15-4-1-14(2-5-15)3-6-16(17)18/h13H,1-8H2. The van der Waals surface area contributed by atoms with Gasteiger partial charge in [-0.1, -0.05) is 11.9 Å². The highest BCUT2D eigenvalue weighted by Crippen LogP contribution is 2.23. The normalized spacial score (nSPS) is 18.4. The molecule has 10 nitrogen and oxygen atoms in total. The molecule has 0 aliphatic carbocycles. The molecule has 25 heavy (non-hydrogen) atoms. The summed E-state index contributed by atoms with van der Waals surface area (Å²) in [6.07, 6.45) is 0. The van der Waals surface area contributed by atoms with Crippen LogP contribution in [0.1, 0.15) is 0 Å². The van der Waals surface area contributed by atoms with E-state index in [4.69, 9.17) is 0 Å². The largest absolute Gasteiger partial charge is 0.512 e. The van der Waals surface area contributed by atoms with E-state index in [0.29, 0.717) is 13.1 Å². The van der Waals surface area contributed by atoms with Crippen LogP contribution in [0.25, 0.3) is 0 Å². The Morgan fingerprint density at radius 3 is 2.16 bits per heavy atom. The van der Waals surface area contributed by atoms with Gasteiger partial charge in [-0.15, -0.1) is 0 Å². The maximum absolute atomic E-state index is 12.1. The van der Waals surface area contributed by atoms with Crippen molar-refractivity contribution in [3.8, 4) is 0 Å². The van der Waals surface area contributed by atoms with Gasteiger partial charge >= 0.3 is 15.5 Å². The van der Waals surface area contributed by atoms with E-state index >= 15 is 0 Å². The number of piperazine rings is 1. The predicted octanol–water partition coefficient (Wildman–Crippen LogP) is -0.702. The number of hydrogen-bond acceptors (Lipinski definition) is 8. The van der Waals surface area contributed by atoms with Gasteiger partial charge in [0.25, 0.3) is 0 Å². The van der Waals surface area contributed by atoms with Gasteiger partial charge in [0.2, 0.25) is 16.6 Å². The van der Waals surface area contributed by atoms with E-state index in [-0.39, 0.29) is 43.9 Å². The predicted molar refractivity (Wildman–Crippen MR) is 84.2 cm³/mol. The molecule has 0 atom stereocenters. The second-order valence-electron chi connectivity index (χ2n) is 4.99. The third-order valence-electron chi connectivity index (χ3n) is 3.24. The molecule has 0 spiro atoms. The number of sulfonamides is 2. The van der Waals surface area contributed by atoms with E-state index < -0.39 is 36.2 Å². The van der Waals surface area contributed by atoms with Crippen LogP contribution < -0.4 is 4.13 Å². The van der Waals surface area contributed by atoms with Crippen LogP contribution in [-0.4, -0.2) is 87.2 Å². The van der Waals surface area contributed by atoms with Crippen molar-refractivity contribution in [2.75, 3.05) is 50.8 Å². The second-order valence-corrected chi connectivity index (χ2v) is 9.92. The quantitative estimate of drug-likeness (QED) is 0.220. The summed E-state index contributed by atoms with van der Waals surface area (Å²) in [5, 5.41) is 10.3. The molecule has 1 aliphatic heterocycles. The number of rotatable bonds is 9. The van der Waals surface area contributed by atoms with Crippen LogP contribution in [0, 0.1) is 10.1 Å². The van der Waals surface area contributed by atoms with E-state index in [1.807, 2.05) is 0 Å². The lowest BCUT2D eigenvalue weighted by molar-refractivity contribution is -0.480. The maximum Gasteiger partial charge on any atom is 0.512 e. The average Bonchev–Trinajstić information content (AvgIpc) is 2.49. The van der Waals surface area contributed by atoms with Crippen molar-refractivity contribution in [1.82, 2.24) is 13.3 Å². The van der Waals surface area contributed by atoms with Gasteiger partial charge in [-0.2, -0.15) is 21.6 Å². The van der Waals surface area contributed by atoms with Crippen molar-refractivity contribution in [1.29, 1.82) is 0 Å². The third-order valence-corrected chi connectivity index (χ3v) is 7.74. The minimum Gasteiger partial charge on any atom is -0.294 e. The van der Waals surface area contributed by atoms with Crippen LogP contribution in [0.2, 0.25) is 0 Å². The summed E-state index contributed by atoms with van der Waals surface area (Å²) >= 11 is 0.141. The molecular weight excluding hydrogens is 413 g/mol. The first kappa shape index (κ1) is 22.4. The highest BCUT2D eigenvalue weighted by Gasteiger charge is 2.45. The topological polar surface area (TPSA) is 130 Å². The van der Waals surface area contributed by atoms with Crippen molar-refractivity contribution in [2.24, 2.45) is 0 Å². The zero-order chi connectivity index (χ0) is 19.3. The molecule has 0 aromatic heterocycles. The molecule has 0 aromatic rings. The lowest BCUT2D eigenvalue weighted by Gasteiger charge is -2.33. The Morgan fingerprint density at radius 2 is 1.68 bits per heavy atom. The highest BCUT2D eigenvalue weighted by atomic mass is 32.3. The van der Waals surface area contributed by atoms with Gasteiger partial charge in [0.05, 0.1) is 12.3 Å². The fraction of sp³-hybridized carbons (Fsp3) is 1.00. The molecule has 1 heterocycles. The van der Waals surface area contributed by atoms with Crippen molar-refractivity contribution >= 4 is 32.0 Å². The molecule has 1 aliphatic rings. The van der Waals surface area contributed by atoms with Crippen LogP contribution in [-0.2, 0) is 20.0 Å². The number of hydrogen-bond donors (Lipinski definition) is 1. The summed E-state index contributed by atoms with van der Waals surface area (Å²) in [6.45, 7) is 0.790. The Balaban J connectivity index is 2.39. The number of alkyl halides is 3. The molecule has 0 radical (unpaired) electrons. The minimum absolute atomic E-state index is 0.110. The Morgan fingerprint density at radius 1 is 1.12 bits per heavy atom. The number of nitrogens with zero attached hydrogens (tertiary/aromatic N) is 3. The molecule has 1 saturated heterocycles. The van der Waals surface area contributed by atoms with Gasteiger partial charge in [-0.05, 0) is 0 Å². The smallest absolute Gasteiger partial charge is 0.294 e. The number of halogens is 3. The third kappa shape index (κ3) is 7.22. The lowest BCUT2D eigenvalue weighted by Crippen LogP contribution is -2.50. The van der Waals surface area contributed by atoms with Crippen LogP contribution in [0.15, 0.2) is 0 Å². The molecule has 148 valence electrons. The molecule has 0 saturated carbocycles. The van der Waals surface area contributed by atoms with Crippen molar-refractivity contribution in [2.45, 2.75) is 5.51 Å². The van der Waals surface area contributed by atoms with Crippen LogP contribution in [0.5, 0.6) is 0 Å². The summed E-state index contributed by atoms with van der Waals surface area (Å²) in [5.41, 5.74) is -5.46. The fourth-order valence-electron chi connectivity index (χ4n) is 1.90. The zero-order valence-corrected chi connectivity index (χ0v) is 15.3. The molecule has 1 rings (SSSR count). The van der Waals surface area contributed by atoms with Crippen molar-refractivity contribution in [3.63, 3.8) is 0 Å². The Hall–Kier alpha value is -0.680. The number of nitro groups is 1. The first-order valence-corrected chi connectivity index (χ1v) is 10.9. The first-order chi connectivity index (χ1) is 11.3. The fourth-order valence-corrected chi connectivity index (χ4v) is 5.38. The molecule has 0 bridgehead atoms. The monoisotopic (exact) mass is 430 g/mol. The first-order valence-electron chi connectivity index (χ1n) is 6.87. The van der Waals surface area contributed by atoms with Gasteiger partial charge in [-0.25, -0.2) is 16.8 Å². The Labute approximate surface area is 147 Å². The Bertz CT molecular complexity index is 661. The van der Waals surface area contributed by atoms with Gasteiger partial charge in [-0.3, -0.25) is 15.0 Å². The molecule has 1 fully saturated rings. The van der Waals surface area contributed by atoms with Gasteiger partial charge in [0.15, 0.2) is 0 Å². The van der Waals surface area contributed by atoms with Gasteiger partial charge < -0.3 is 0 Å². The summed E-state index contributed by atoms with van der Waals surface area (Å²) in [6, 6.07) is 0. The molecule has 1 N–H and O–H groups in total. The van der Waals surface area contributed by atoms with E-state index in [2.05, 4.69) is 0 Å². The van der Waals surface area contributed by atoms with E-state index in [1.54, 1.807) is 4.90 Å². The molecule has 0 aromatic carbocycles. The SMILES string of the molecule is O=[N+]([O-])CCN1CCN(S(=O)(=O)CCSNS(=O)(=O)C(F)(F)F)CC1. The van der Waals surface area contributed by atoms with Crippen LogP contribution >= 0.6 is 11.9 Å². The van der Waals surface area contributed by atoms with Crippen molar-refractivity contribution in [3.05, 3.63) is 10.1 Å². The summed E-state index contributed by atoms with van der Waals surface area (Å²) in [4.78, 5) is 11.6. The molecule has 0 amide bonds.